The Hall–Kier alpha value is -3.60. The number of para-hydroxylation sites is 2. The summed E-state index contributed by atoms with van der Waals surface area (Å²) in [6.45, 7) is 4.31. The van der Waals surface area contributed by atoms with E-state index in [1.165, 1.54) is 0 Å². The number of benzene rings is 3. The fourth-order valence-electron chi connectivity index (χ4n) is 4.26. The van der Waals surface area contributed by atoms with Crippen molar-refractivity contribution in [3.63, 3.8) is 0 Å². The molecule has 2 aliphatic heterocycles. The quantitative estimate of drug-likeness (QED) is 0.698. The highest BCUT2D eigenvalue weighted by atomic mass is 16.2. The first-order valence-corrected chi connectivity index (χ1v) is 9.67. The van der Waals surface area contributed by atoms with E-state index in [4.69, 9.17) is 0 Å². The number of hydrogen-bond acceptors (Lipinski definition) is 3. The third kappa shape index (κ3) is 2.47. The lowest BCUT2D eigenvalue weighted by atomic mass is 9.91. The number of nitrogens with one attached hydrogen (secondary N) is 2. The molecule has 144 valence electrons. The van der Waals surface area contributed by atoms with Crippen molar-refractivity contribution >= 4 is 23.2 Å². The molecule has 5 nitrogen and oxygen atoms in total. The van der Waals surface area contributed by atoms with Gasteiger partial charge in [-0.05, 0) is 37.1 Å². The minimum atomic E-state index is -1.28. The van der Waals surface area contributed by atoms with Crippen LogP contribution in [-0.4, -0.2) is 16.7 Å². The molecule has 2 aliphatic rings. The number of aryl methyl sites for hydroxylation is 2. The van der Waals surface area contributed by atoms with Crippen LogP contribution < -0.4 is 10.6 Å². The smallest absolute Gasteiger partial charge is 0.276 e. The lowest BCUT2D eigenvalue weighted by Gasteiger charge is -2.44. The van der Waals surface area contributed by atoms with Gasteiger partial charge < -0.3 is 10.6 Å². The number of carbonyl (C=O) groups is 2. The zero-order valence-electron chi connectivity index (χ0n) is 16.3. The van der Waals surface area contributed by atoms with Crippen LogP contribution in [0.2, 0.25) is 0 Å². The molecule has 1 atom stereocenters. The van der Waals surface area contributed by atoms with E-state index in [1.54, 1.807) is 11.0 Å². The highest BCUT2D eigenvalue weighted by Gasteiger charge is 2.56. The maximum atomic E-state index is 13.6. The molecule has 0 bridgehead atoms. The summed E-state index contributed by atoms with van der Waals surface area (Å²) in [6, 6.07) is 21.2. The van der Waals surface area contributed by atoms with E-state index >= 15 is 0 Å². The number of carbonyl (C=O) groups excluding carboxylic acids is 2. The molecule has 0 saturated heterocycles. The standard InChI is InChI=1S/C24H21N3O2/c1-15-10-12-17(13-11-15)14-27-22(28)18-7-3-4-9-20(18)26-24(27)19-8-5-6-16(2)21(19)25-23(24)29/h3-13,26H,14H2,1-2H3,(H,25,29). The number of rotatable bonds is 2. The third-order valence-corrected chi connectivity index (χ3v) is 5.81. The molecule has 0 aromatic heterocycles. The first kappa shape index (κ1) is 17.5. The van der Waals surface area contributed by atoms with E-state index in [-0.39, 0.29) is 11.8 Å². The number of anilines is 2. The van der Waals surface area contributed by atoms with Gasteiger partial charge in [-0.2, -0.15) is 0 Å². The Labute approximate surface area is 169 Å². The minimum absolute atomic E-state index is 0.163. The Bertz CT molecular complexity index is 1150. The summed E-state index contributed by atoms with van der Waals surface area (Å²) in [7, 11) is 0. The second kappa shape index (κ2) is 6.21. The number of nitrogens with zero attached hydrogens (tertiary/aromatic N) is 1. The molecule has 2 heterocycles. The van der Waals surface area contributed by atoms with Crippen molar-refractivity contribution in [3.05, 3.63) is 94.5 Å². The molecule has 0 fully saturated rings. The molecule has 5 rings (SSSR count). The Morgan fingerprint density at radius 1 is 0.897 bits per heavy atom. The van der Waals surface area contributed by atoms with Crippen molar-refractivity contribution in [2.24, 2.45) is 0 Å². The normalized spacial score (nSPS) is 19.6. The van der Waals surface area contributed by atoms with Crippen LogP contribution in [0, 0.1) is 13.8 Å². The van der Waals surface area contributed by atoms with Crippen LogP contribution in [0.25, 0.3) is 0 Å². The second-order valence-electron chi connectivity index (χ2n) is 7.71. The van der Waals surface area contributed by atoms with Gasteiger partial charge in [-0.25, -0.2) is 0 Å². The lowest BCUT2D eigenvalue weighted by molar-refractivity contribution is -0.125. The van der Waals surface area contributed by atoms with Crippen molar-refractivity contribution < 1.29 is 9.59 Å². The fourth-order valence-corrected chi connectivity index (χ4v) is 4.26. The maximum absolute atomic E-state index is 13.6. The molecule has 0 radical (unpaired) electrons. The number of hydrogen-bond donors (Lipinski definition) is 2. The molecular weight excluding hydrogens is 362 g/mol. The van der Waals surface area contributed by atoms with Crippen molar-refractivity contribution in [1.82, 2.24) is 4.90 Å². The molecule has 1 spiro atoms. The number of fused-ring (bicyclic) bond motifs is 3. The summed E-state index contributed by atoms with van der Waals surface area (Å²) in [5.74, 6) is -0.402. The highest BCUT2D eigenvalue weighted by molar-refractivity contribution is 6.14. The summed E-state index contributed by atoms with van der Waals surface area (Å²) in [6.07, 6.45) is 0. The van der Waals surface area contributed by atoms with Crippen LogP contribution in [0.3, 0.4) is 0 Å². The van der Waals surface area contributed by atoms with Crippen LogP contribution in [0.5, 0.6) is 0 Å². The second-order valence-corrected chi connectivity index (χ2v) is 7.71. The van der Waals surface area contributed by atoms with E-state index in [9.17, 15) is 9.59 Å². The molecule has 0 saturated carbocycles. The predicted octanol–water partition coefficient (Wildman–Crippen LogP) is 4.18. The average molecular weight is 383 g/mol. The molecule has 3 aromatic rings. The van der Waals surface area contributed by atoms with E-state index in [0.29, 0.717) is 17.8 Å². The van der Waals surface area contributed by atoms with Gasteiger partial charge in [0.15, 0.2) is 0 Å². The summed E-state index contributed by atoms with van der Waals surface area (Å²) in [5, 5.41) is 6.42. The summed E-state index contributed by atoms with van der Waals surface area (Å²) >= 11 is 0. The molecule has 29 heavy (non-hydrogen) atoms. The van der Waals surface area contributed by atoms with Gasteiger partial charge in [-0.3, -0.25) is 14.5 Å². The Kier molecular flexibility index (Phi) is 3.74. The van der Waals surface area contributed by atoms with Gasteiger partial charge >= 0.3 is 0 Å². The van der Waals surface area contributed by atoms with Gasteiger partial charge in [0.2, 0.25) is 5.66 Å². The maximum Gasteiger partial charge on any atom is 0.276 e. The van der Waals surface area contributed by atoms with Crippen LogP contribution in [-0.2, 0) is 17.0 Å². The zero-order chi connectivity index (χ0) is 20.2. The van der Waals surface area contributed by atoms with Crippen LogP contribution in [0.1, 0.15) is 32.6 Å². The SMILES string of the molecule is Cc1ccc(CN2C(=O)c3ccccc3NC23C(=O)Nc2c(C)cccc23)cc1. The van der Waals surface area contributed by atoms with E-state index < -0.39 is 5.66 Å². The van der Waals surface area contributed by atoms with Gasteiger partial charge in [0.05, 0.1) is 11.3 Å². The Balaban J connectivity index is 1.72. The molecule has 2 N–H and O–H groups in total. The van der Waals surface area contributed by atoms with E-state index in [0.717, 1.165) is 27.9 Å². The molecular formula is C24H21N3O2. The van der Waals surface area contributed by atoms with E-state index in [1.807, 2.05) is 74.5 Å². The van der Waals surface area contributed by atoms with Gasteiger partial charge in [0.1, 0.15) is 0 Å². The van der Waals surface area contributed by atoms with Crippen LogP contribution >= 0.6 is 0 Å². The minimum Gasteiger partial charge on any atom is -0.350 e. The largest absolute Gasteiger partial charge is 0.350 e. The average Bonchev–Trinajstić information content (AvgIpc) is 3.00. The van der Waals surface area contributed by atoms with Crippen molar-refractivity contribution in [2.45, 2.75) is 26.1 Å². The van der Waals surface area contributed by atoms with E-state index in [2.05, 4.69) is 10.6 Å². The number of amides is 2. The van der Waals surface area contributed by atoms with Crippen LogP contribution in [0.4, 0.5) is 11.4 Å². The summed E-state index contributed by atoms with van der Waals surface area (Å²) in [4.78, 5) is 28.7. The van der Waals surface area contributed by atoms with Crippen molar-refractivity contribution in [2.75, 3.05) is 10.6 Å². The molecule has 3 aromatic carbocycles. The Morgan fingerprint density at radius 2 is 1.66 bits per heavy atom. The fraction of sp³-hybridized carbons (Fsp3) is 0.167. The van der Waals surface area contributed by atoms with Gasteiger partial charge in [0.25, 0.3) is 11.8 Å². The highest BCUT2D eigenvalue weighted by Crippen LogP contribution is 2.46. The topological polar surface area (TPSA) is 61.4 Å². The predicted molar refractivity (Wildman–Crippen MR) is 113 cm³/mol. The first-order valence-electron chi connectivity index (χ1n) is 9.67. The van der Waals surface area contributed by atoms with Crippen molar-refractivity contribution in [3.8, 4) is 0 Å². The molecule has 2 amide bonds. The van der Waals surface area contributed by atoms with Gasteiger partial charge in [0, 0.05) is 17.8 Å². The Morgan fingerprint density at radius 3 is 2.45 bits per heavy atom. The van der Waals surface area contributed by atoms with Crippen molar-refractivity contribution in [1.29, 1.82) is 0 Å². The van der Waals surface area contributed by atoms with Crippen LogP contribution in [0.15, 0.2) is 66.7 Å². The van der Waals surface area contributed by atoms with Gasteiger partial charge in [-0.15, -0.1) is 0 Å². The zero-order valence-corrected chi connectivity index (χ0v) is 16.3. The molecule has 1 unspecified atom stereocenters. The third-order valence-electron chi connectivity index (χ3n) is 5.81. The molecule has 0 aliphatic carbocycles. The monoisotopic (exact) mass is 383 g/mol. The first-order chi connectivity index (χ1) is 14.0. The summed E-state index contributed by atoms with van der Waals surface area (Å²) < 4.78 is 0. The lowest BCUT2D eigenvalue weighted by Crippen LogP contribution is -2.60. The molecule has 5 heteroatoms. The van der Waals surface area contributed by atoms with Gasteiger partial charge in [-0.1, -0.05) is 60.2 Å². The summed E-state index contributed by atoms with van der Waals surface area (Å²) in [5.41, 5.74) is 4.59.